The largest absolute Gasteiger partial charge is 0.452 e. The van der Waals surface area contributed by atoms with Crippen molar-refractivity contribution in [3.05, 3.63) is 176 Å². The maximum absolute atomic E-state index is 6.35. The van der Waals surface area contributed by atoms with E-state index in [4.69, 9.17) is 29.3 Å². The molecule has 11 aromatic rings. The Bertz CT molecular complexity index is 3230. The molecule has 0 unspecified atom stereocenters. The molecule has 11 rings (SSSR count). The van der Waals surface area contributed by atoms with Crippen LogP contribution in [0.3, 0.4) is 0 Å². The van der Waals surface area contributed by atoms with Gasteiger partial charge in [0.1, 0.15) is 16.8 Å². The monoisotopic (exact) mass is 735 g/mol. The summed E-state index contributed by atoms with van der Waals surface area (Å²) in [5.41, 5.74) is 10.1. The highest BCUT2D eigenvalue weighted by Gasteiger charge is 2.20. The minimum Gasteiger partial charge on any atom is -0.452 e. The van der Waals surface area contributed by atoms with Gasteiger partial charge in [-0.05, 0) is 35.4 Å². The molecule has 4 heterocycles. The van der Waals surface area contributed by atoms with Crippen LogP contribution >= 0.6 is 11.3 Å². The van der Waals surface area contributed by atoms with Gasteiger partial charge in [0, 0.05) is 53.4 Å². The fourth-order valence-corrected chi connectivity index (χ4v) is 8.62. The zero-order chi connectivity index (χ0) is 37.0. The zero-order valence-corrected chi connectivity index (χ0v) is 30.6. The Balaban J connectivity index is 1.06. The number of nitrogens with zero attached hydrogens (tertiary/aromatic N) is 5. The van der Waals surface area contributed by atoms with Crippen LogP contribution in [0.5, 0.6) is 0 Å². The molecular formula is C49H29N5OS. The van der Waals surface area contributed by atoms with Crippen LogP contribution in [0, 0.1) is 0 Å². The molecule has 0 aliphatic carbocycles. The summed E-state index contributed by atoms with van der Waals surface area (Å²) in [5.74, 6) is 2.53. The molecule has 0 saturated carbocycles. The van der Waals surface area contributed by atoms with Crippen LogP contribution in [-0.2, 0) is 0 Å². The van der Waals surface area contributed by atoms with E-state index in [1.165, 1.54) is 5.56 Å². The van der Waals surface area contributed by atoms with Gasteiger partial charge in [0.05, 0.1) is 0 Å². The molecule has 6 nitrogen and oxygen atoms in total. The number of rotatable bonds is 6. The molecule has 4 aromatic heterocycles. The quantitative estimate of drug-likeness (QED) is 0.169. The first-order valence-electron chi connectivity index (χ1n) is 18.4. The van der Waals surface area contributed by atoms with Crippen LogP contribution in [-0.4, -0.2) is 24.9 Å². The van der Waals surface area contributed by atoms with E-state index in [1.807, 2.05) is 72.8 Å². The second kappa shape index (κ2) is 13.2. The van der Waals surface area contributed by atoms with Crippen LogP contribution in [0.4, 0.5) is 0 Å². The topological polar surface area (TPSA) is 77.6 Å². The maximum Gasteiger partial charge on any atom is 0.180 e. The number of hydrogen-bond acceptors (Lipinski definition) is 7. The molecule has 0 fully saturated rings. The molecule has 0 aliphatic heterocycles. The Morgan fingerprint density at radius 1 is 0.375 bits per heavy atom. The maximum atomic E-state index is 6.35. The number of fused-ring (bicyclic) bond motifs is 6. The smallest absolute Gasteiger partial charge is 0.180 e. The Hall–Kier alpha value is -7.35. The first kappa shape index (κ1) is 32.1. The van der Waals surface area contributed by atoms with Gasteiger partial charge in [-0.3, -0.25) is 0 Å². The van der Waals surface area contributed by atoms with E-state index in [1.54, 1.807) is 11.3 Å². The summed E-state index contributed by atoms with van der Waals surface area (Å²) in [6, 6.07) is 60.0. The predicted molar refractivity (Wildman–Crippen MR) is 228 cm³/mol. The van der Waals surface area contributed by atoms with Crippen molar-refractivity contribution in [1.29, 1.82) is 0 Å². The Labute approximate surface area is 325 Å². The third-order valence-corrected chi connectivity index (χ3v) is 11.3. The number of thiophene rings is 1. The number of hydrogen-bond donors (Lipinski definition) is 0. The van der Waals surface area contributed by atoms with Gasteiger partial charge in [0.2, 0.25) is 0 Å². The molecular weight excluding hydrogens is 707 g/mol. The molecule has 0 bridgehead atoms. The average molecular weight is 736 g/mol. The summed E-state index contributed by atoms with van der Waals surface area (Å²) in [7, 11) is 0. The summed E-state index contributed by atoms with van der Waals surface area (Å²) in [4.78, 5) is 25.5. The van der Waals surface area contributed by atoms with Gasteiger partial charge in [0.25, 0.3) is 0 Å². The van der Waals surface area contributed by atoms with E-state index in [-0.39, 0.29) is 0 Å². The normalized spacial score (nSPS) is 11.6. The van der Waals surface area contributed by atoms with E-state index in [2.05, 4.69) is 103 Å². The molecule has 0 radical (unpaired) electrons. The van der Waals surface area contributed by atoms with E-state index in [0.717, 1.165) is 75.7 Å². The summed E-state index contributed by atoms with van der Waals surface area (Å²) in [5, 5.41) is 3.20. The highest BCUT2D eigenvalue weighted by atomic mass is 32.1. The number of aromatic nitrogens is 5. The zero-order valence-electron chi connectivity index (χ0n) is 29.8. The van der Waals surface area contributed by atoms with Crippen molar-refractivity contribution < 1.29 is 4.42 Å². The minimum atomic E-state index is 0.626. The van der Waals surface area contributed by atoms with Crippen molar-refractivity contribution in [2.75, 3.05) is 0 Å². The summed E-state index contributed by atoms with van der Waals surface area (Å²) >= 11 is 1.74. The van der Waals surface area contributed by atoms with E-state index in [9.17, 15) is 0 Å². The van der Waals surface area contributed by atoms with Crippen LogP contribution in [0.15, 0.2) is 180 Å². The highest BCUT2D eigenvalue weighted by molar-refractivity contribution is 7.26. The fraction of sp³-hybridized carbons (Fsp3) is 0. The average Bonchev–Trinajstić information content (AvgIpc) is 3.85. The molecule has 7 aromatic carbocycles. The lowest BCUT2D eigenvalue weighted by molar-refractivity contribution is 0.667. The number of benzene rings is 7. The Morgan fingerprint density at radius 3 is 1.70 bits per heavy atom. The van der Waals surface area contributed by atoms with E-state index >= 15 is 0 Å². The molecule has 56 heavy (non-hydrogen) atoms. The highest BCUT2D eigenvalue weighted by Crippen LogP contribution is 2.42. The summed E-state index contributed by atoms with van der Waals surface area (Å²) in [6.45, 7) is 0. The molecule has 0 amide bonds. The molecule has 262 valence electrons. The van der Waals surface area contributed by atoms with Gasteiger partial charge in [-0.2, -0.15) is 0 Å². The third kappa shape index (κ3) is 5.52. The van der Waals surface area contributed by atoms with Crippen molar-refractivity contribution in [3.8, 4) is 67.9 Å². The second-order valence-corrected chi connectivity index (χ2v) is 14.7. The molecule has 0 aliphatic rings. The first-order valence-corrected chi connectivity index (χ1v) is 19.2. The van der Waals surface area contributed by atoms with Crippen molar-refractivity contribution >= 4 is 53.6 Å². The first-order chi connectivity index (χ1) is 27.7. The van der Waals surface area contributed by atoms with Gasteiger partial charge >= 0.3 is 0 Å². The lowest BCUT2D eigenvalue weighted by Crippen LogP contribution is -2.00. The Morgan fingerprint density at radius 2 is 0.946 bits per heavy atom. The van der Waals surface area contributed by atoms with Crippen molar-refractivity contribution in [2.45, 2.75) is 0 Å². The van der Waals surface area contributed by atoms with Gasteiger partial charge < -0.3 is 4.42 Å². The fourth-order valence-electron chi connectivity index (χ4n) is 7.45. The SMILES string of the molecule is c1ccc(-c2ccc(-c3nc(-c4ccccc4)nc(-c4cccc5sc6cc(-c7nc(-c8ccccc8)c8oc9ccccc9c8n7)ccc6c45)n3)cc2)cc1. The predicted octanol–water partition coefficient (Wildman–Crippen LogP) is 12.9. The van der Waals surface area contributed by atoms with Crippen LogP contribution in [0.2, 0.25) is 0 Å². The standard InChI is InChI=1S/C49H29N5OS/c1-4-13-30(14-5-1)31-23-25-34(26-24-31)47-52-46(33-17-8-3-9-18-33)53-49(54-47)38-20-12-22-40-42(38)37-28-27-35(29-41(37)56-40)48-50-43(32-15-6-2-7-16-32)45-44(51-48)36-19-10-11-21-39(36)55-45/h1-29H. The number of para-hydroxylation sites is 1. The van der Waals surface area contributed by atoms with Crippen LogP contribution in [0.1, 0.15) is 0 Å². The third-order valence-electron chi connectivity index (χ3n) is 10.2. The summed E-state index contributed by atoms with van der Waals surface area (Å²) in [6.07, 6.45) is 0. The van der Waals surface area contributed by atoms with Crippen molar-refractivity contribution in [1.82, 2.24) is 24.9 Å². The van der Waals surface area contributed by atoms with Gasteiger partial charge in [-0.25, -0.2) is 24.9 Å². The minimum absolute atomic E-state index is 0.626. The molecule has 0 atom stereocenters. The van der Waals surface area contributed by atoms with Gasteiger partial charge in [-0.15, -0.1) is 11.3 Å². The van der Waals surface area contributed by atoms with Crippen LogP contribution in [0.25, 0.3) is 110 Å². The molecule has 0 spiro atoms. The summed E-state index contributed by atoms with van der Waals surface area (Å²) < 4.78 is 8.62. The lowest BCUT2D eigenvalue weighted by Gasteiger charge is -2.10. The van der Waals surface area contributed by atoms with Gasteiger partial charge in [0.15, 0.2) is 28.9 Å². The Kier molecular flexibility index (Phi) is 7.57. The van der Waals surface area contributed by atoms with Crippen LogP contribution < -0.4 is 0 Å². The lowest BCUT2D eigenvalue weighted by atomic mass is 10.0. The van der Waals surface area contributed by atoms with E-state index < -0.39 is 0 Å². The van der Waals surface area contributed by atoms with Gasteiger partial charge in [-0.1, -0.05) is 152 Å². The van der Waals surface area contributed by atoms with Crippen molar-refractivity contribution in [2.24, 2.45) is 0 Å². The van der Waals surface area contributed by atoms with Crippen molar-refractivity contribution in [3.63, 3.8) is 0 Å². The molecule has 7 heteroatoms. The molecule has 0 saturated heterocycles. The number of furan rings is 1. The van der Waals surface area contributed by atoms with E-state index in [0.29, 0.717) is 28.9 Å². The second-order valence-electron chi connectivity index (χ2n) is 13.6. The molecule has 0 N–H and O–H groups in total.